The van der Waals surface area contributed by atoms with E-state index in [9.17, 15) is 26.7 Å². The number of nitrogens with one attached hydrogen (secondary N) is 2. The molecule has 11 nitrogen and oxygen atoms in total. The number of aliphatic hydroxyl groups excluding tert-OH is 1. The first-order chi connectivity index (χ1) is 16.6. The van der Waals surface area contributed by atoms with Gasteiger partial charge < -0.3 is 20.1 Å². The number of ether oxygens (including phenoxy) is 1. The van der Waals surface area contributed by atoms with Crippen molar-refractivity contribution in [3.8, 4) is 0 Å². The van der Waals surface area contributed by atoms with Crippen LogP contribution in [0.1, 0.15) is 40.0 Å². The highest BCUT2D eigenvalue weighted by molar-refractivity contribution is 7.92. The van der Waals surface area contributed by atoms with Crippen molar-refractivity contribution in [3.63, 3.8) is 0 Å². The Morgan fingerprint density at radius 1 is 1.25 bits per heavy atom. The Kier molecular flexibility index (Phi) is 5.69. The lowest BCUT2D eigenvalue weighted by Gasteiger charge is -2.43. The average Bonchev–Trinajstić information content (AvgIpc) is 3.34. The lowest BCUT2D eigenvalue weighted by molar-refractivity contribution is -0.132. The normalized spacial score (nSPS) is 28.9. The molecule has 2 saturated heterocycles. The van der Waals surface area contributed by atoms with Crippen molar-refractivity contribution >= 4 is 43.2 Å². The number of rotatable bonds is 5. The maximum Gasteiger partial charge on any atom is 0.286 e. The topological polar surface area (TPSA) is 154 Å². The molecule has 4 aliphatic rings. The Morgan fingerprint density at radius 2 is 1.94 bits per heavy atom. The van der Waals surface area contributed by atoms with Crippen LogP contribution in [-0.2, 0) is 29.6 Å². The first-order valence-electron chi connectivity index (χ1n) is 11.8. The SMILES string of the molecule is CC(C)(C)CCN1C(=O)C(C2=NS(=O)(=O)c3cc(NS(C)(=O)=O)ccc3N2)=C(O)C2C3CCC(O3)C21. The molecule has 3 N–H and O–H groups in total. The molecule has 2 fully saturated rings. The van der Waals surface area contributed by atoms with E-state index in [4.69, 9.17) is 4.74 Å². The van der Waals surface area contributed by atoms with Gasteiger partial charge in [0.25, 0.3) is 15.9 Å². The summed E-state index contributed by atoms with van der Waals surface area (Å²) in [5.41, 5.74) is -0.0296. The first-order valence-corrected chi connectivity index (χ1v) is 15.1. The second-order valence-corrected chi connectivity index (χ2v) is 14.3. The monoisotopic (exact) mass is 538 g/mol. The summed E-state index contributed by atoms with van der Waals surface area (Å²) in [6, 6.07) is 3.64. The van der Waals surface area contributed by atoms with E-state index in [-0.39, 0.29) is 57.1 Å². The van der Waals surface area contributed by atoms with Crippen molar-refractivity contribution in [1.82, 2.24) is 4.90 Å². The maximum absolute atomic E-state index is 13.8. The number of amidine groups is 1. The van der Waals surface area contributed by atoms with Crippen LogP contribution in [0.15, 0.2) is 38.8 Å². The number of sulfonamides is 2. The molecule has 0 aromatic heterocycles. The van der Waals surface area contributed by atoms with E-state index in [1.165, 1.54) is 12.1 Å². The van der Waals surface area contributed by atoms with Crippen LogP contribution in [0.3, 0.4) is 0 Å². The van der Waals surface area contributed by atoms with E-state index >= 15 is 0 Å². The summed E-state index contributed by atoms with van der Waals surface area (Å²) in [5.74, 6) is -1.40. The van der Waals surface area contributed by atoms with E-state index < -0.39 is 31.9 Å². The van der Waals surface area contributed by atoms with Crippen molar-refractivity contribution < 1.29 is 31.5 Å². The van der Waals surface area contributed by atoms with E-state index in [1.807, 2.05) is 0 Å². The number of nitrogens with zero attached hydrogens (tertiary/aromatic N) is 2. The number of benzene rings is 1. The summed E-state index contributed by atoms with van der Waals surface area (Å²) in [5, 5.41) is 14.2. The Labute approximate surface area is 210 Å². The highest BCUT2D eigenvalue weighted by Crippen LogP contribution is 2.48. The lowest BCUT2D eigenvalue weighted by atomic mass is 9.77. The van der Waals surface area contributed by atoms with Gasteiger partial charge in [0.05, 0.1) is 36.1 Å². The molecule has 4 heterocycles. The predicted molar refractivity (Wildman–Crippen MR) is 134 cm³/mol. The van der Waals surface area contributed by atoms with E-state index in [1.54, 1.807) is 4.90 Å². The molecular formula is C23H30N4O7S2. The largest absolute Gasteiger partial charge is 0.511 e. The number of anilines is 2. The summed E-state index contributed by atoms with van der Waals surface area (Å²) >= 11 is 0. The third kappa shape index (κ3) is 4.37. The van der Waals surface area contributed by atoms with Crippen molar-refractivity contribution in [1.29, 1.82) is 0 Å². The first kappa shape index (κ1) is 25.0. The van der Waals surface area contributed by atoms with Gasteiger partial charge in [-0.3, -0.25) is 9.52 Å². The lowest BCUT2D eigenvalue weighted by Crippen LogP contribution is -2.56. The minimum absolute atomic E-state index is 0.0434. The van der Waals surface area contributed by atoms with Crippen LogP contribution in [0.2, 0.25) is 0 Å². The summed E-state index contributed by atoms with van der Waals surface area (Å²) in [4.78, 5) is 15.2. The molecule has 36 heavy (non-hydrogen) atoms. The van der Waals surface area contributed by atoms with Gasteiger partial charge in [-0.25, -0.2) is 8.42 Å². The molecule has 0 radical (unpaired) electrons. The Hall–Kier alpha value is -2.64. The van der Waals surface area contributed by atoms with Crippen molar-refractivity contribution in [2.45, 2.75) is 63.2 Å². The highest BCUT2D eigenvalue weighted by Gasteiger charge is 2.58. The third-order valence-electron chi connectivity index (χ3n) is 7.01. The van der Waals surface area contributed by atoms with Crippen LogP contribution < -0.4 is 10.0 Å². The fourth-order valence-electron chi connectivity index (χ4n) is 5.42. The van der Waals surface area contributed by atoms with Gasteiger partial charge in [0.15, 0.2) is 5.84 Å². The molecule has 196 valence electrons. The van der Waals surface area contributed by atoms with Gasteiger partial charge in [0, 0.05) is 12.2 Å². The molecule has 4 aliphatic heterocycles. The quantitative estimate of drug-likeness (QED) is 0.516. The van der Waals surface area contributed by atoms with Crippen LogP contribution in [0.4, 0.5) is 11.4 Å². The van der Waals surface area contributed by atoms with Crippen LogP contribution in [0.25, 0.3) is 0 Å². The van der Waals surface area contributed by atoms with Crippen LogP contribution in [-0.4, -0.2) is 69.6 Å². The predicted octanol–water partition coefficient (Wildman–Crippen LogP) is 2.21. The molecule has 1 amide bonds. The fraction of sp³-hybridized carbons (Fsp3) is 0.565. The maximum atomic E-state index is 13.8. The zero-order valence-electron chi connectivity index (χ0n) is 20.5. The second-order valence-electron chi connectivity index (χ2n) is 11.0. The van der Waals surface area contributed by atoms with Gasteiger partial charge in [0.1, 0.15) is 16.2 Å². The standard InChI is InChI=1S/C23H30N4O7S2/c1-23(2,3)9-10-27-19-15-8-7-14(34-15)17(19)20(28)18(22(27)29)21-24-13-6-5-12(25-35(4,30)31)11-16(13)36(32,33)26-21/h5-6,11,14-15,17,19,25,28H,7-10H2,1-4H3,(H,24,26). The third-order valence-corrected chi connectivity index (χ3v) is 8.93. The second kappa shape index (κ2) is 8.18. The molecular weight excluding hydrogens is 508 g/mol. The smallest absolute Gasteiger partial charge is 0.286 e. The molecule has 13 heteroatoms. The number of aliphatic hydroxyl groups is 1. The number of fused-ring (bicyclic) bond motifs is 6. The fourth-order valence-corrected chi connectivity index (χ4v) is 7.12. The van der Waals surface area contributed by atoms with Gasteiger partial charge in [-0.2, -0.15) is 8.42 Å². The Morgan fingerprint density at radius 3 is 2.61 bits per heavy atom. The van der Waals surface area contributed by atoms with E-state index in [0.717, 1.165) is 25.2 Å². The summed E-state index contributed by atoms with van der Waals surface area (Å²) in [6.07, 6.45) is 2.80. The molecule has 1 aromatic carbocycles. The minimum atomic E-state index is -4.31. The van der Waals surface area contributed by atoms with Gasteiger partial charge in [0.2, 0.25) is 10.0 Å². The highest BCUT2D eigenvalue weighted by atomic mass is 32.2. The molecule has 0 spiro atoms. The zero-order chi connectivity index (χ0) is 26.2. The molecule has 5 rings (SSSR count). The van der Waals surface area contributed by atoms with Gasteiger partial charge in [-0.15, -0.1) is 4.40 Å². The van der Waals surface area contributed by atoms with E-state index in [0.29, 0.717) is 13.0 Å². The average molecular weight is 539 g/mol. The Balaban J connectivity index is 1.55. The molecule has 2 bridgehead atoms. The molecule has 4 unspecified atom stereocenters. The zero-order valence-corrected chi connectivity index (χ0v) is 22.1. The van der Waals surface area contributed by atoms with Crippen molar-refractivity contribution in [3.05, 3.63) is 29.5 Å². The molecule has 0 aliphatic carbocycles. The van der Waals surface area contributed by atoms with Crippen LogP contribution in [0, 0.1) is 11.3 Å². The molecule has 1 aromatic rings. The number of carbonyl (C=O) groups is 1. The summed E-state index contributed by atoms with van der Waals surface area (Å²) in [7, 11) is -7.93. The minimum Gasteiger partial charge on any atom is -0.511 e. The number of hydrogen-bond acceptors (Lipinski definition) is 8. The Bertz CT molecular complexity index is 1410. The van der Waals surface area contributed by atoms with Gasteiger partial charge >= 0.3 is 0 Å². The van der Waals surface area contributed by atoms with Crippen LogP contribution >= 0.6 is 0 Å². The number of amides is 1. The summed E-state index contributed by atoms with van der Waals surface area (Å²) < 4.78 is 61.4. The van der Waals surface area contributed by atoms with Crippen molar-refractivity contribution in [2.75, 3.05) is 22.8 Å². The van der Waals surface area contributed by atoms with E-state index in [2.05, 4.69) is 35.2 Å². The molecule has 0 saturated carbocycles. The van der Waals surface area contributed by atoms with Crippen molar-refractivity contribution in [2.24, 2.45) is 15.7 Å². The van der Waals surface area contributed by atoms with Gasteiger partial charge in [-0.1, -0.05) is 20.8 Å². The molecule has 4 atom stereocenters. The van der Waals surface area contributed by atoms with Crippen LogP contribution in [0.5, 0.6) is 0 Å². The number of hydrogen-bond donors (Lipinski definition) is 3. The van der Waals surface area contributed by atoms with Gasteiger partial charge in [-0.05, 0) is 42.9 Å². The number of carbonyl (C=O) groups excluding carboxylic acids is 1. The summed E-state index contributed by atoms with van der Waals surface area (Å²) in [6.45, 7) is 6.67.